The number of nitrogens with zero attached hydrogens (tertiary/aromatic N) is 3. The maximum Gasteiger partial charge on any atom is 0.217 e. The first-order valence-corrected chi connectivity index (χ1v) is 11.9. The third kappa shape index (κ3) is 3.14. The van der Waals surface area contributed by atoms with Gasteiger partial charge in [0.2, 0.25) is 17.1 Å². The molecule has 7 nitrogen and oxygen atoms in total. The SMILES string of the molecule is CCC1CCC23OC(=N)C(C#N)(C2C1)C(C#N)(C#N)C(c1ccc(OCc2ccccc2)cc1)O3. The molecule has 2 bridgehead atoms. The van der Waals surface area contributed by atoms with Gasteiger partial charge in [-0.05, 0) is 42.0 Å². The first-order chi connectivity index (χ1) is 17.0. The molecule has 1 aliphatic carbocycles. The van der Waals surface area contributed by atoms with Crippen LogP contribution in [0.4, 0.5) is 0 Å². The van der Waals surface area contributed by atoms with Gasteiger partial charge in [0, 0.05) is 6.42 Å². The molecule has 0 radical (unpaired) electrons. The van der Waals surface area contributed by atoms with Crippen LogP contribution in [-0.2, 0) is 16.1 Å². The first kappa shape index (κ1) is 22.9. The summed E-state index contributed by atoms with van der Waals surface area (Å²) in [6, 6.07) is 23.4. The molecule has 3 aliphatic rings. The summed E-state index contributed by atoms with van der Waals surface area (Å²) < 4.78 is 18.4. The van der Waals surface area contributed by atoms with Crippen molar-refractivity contribution in [3.05, 3.63) is 65.7 Å². The molecule has 5 rings (SSSR count). The number of hydrogen-bond donors (Lipinski definition) is 1. The summed E-state index contributed by atoms with van der Waals surface area (Å²) in [7, 11) is 0. The molecule has 7 heteroatoms. The van der Waals surface area contributed by atoms with E-state index in [1.165, 1.54) is 0 Å². The van der Waals surface area contributed by atoms with Crippen molar-refractivity contribution in [1.29, 1.82) is 21.2 Å². The fourth-order valence-electron chi connectivity index (χ4n) is 6.07. The molecule has 0 aromatic heterocycles. The Morgan fingerprint density at radius 2 is 1.74 bits per heavy atom. The molecule has 2 aliphatic heterocycles. The van der Waals surface area contributed by atoms with E-state index in [1.807, 2.05) is 30.3 Å². The van der Waals surface area contributed by atoms with Crippen molar-refractivity contribution in [2.24, 2.45) is 22.7 Å². The first-order valence-electron chi connectivity index (χ1n) is 11.9. The Hall–Kier alpha value is -3.86. The summed E-state index contributed by atoms with van der Waals surface area (Å²) in [5, 5.41) is 40.0. The topological polar surface area (TPSA) is 123 Å². The van der Waals surface area contributed by atoms with Gasteiger partial charge < -0.3 is 14.2 Å². The van der Waals surface area contributed by atoms with Gasteiger partial charge in [-0.25, -0.2) is 0 Å². The van der Waals surface area contributed by atoms with Gasteiger partial charge in [0.25, 0.3) is 0 Å². The molecule has 0 amide bonds. The van der Waals surface area contributed by atoms with Crippen molar-refractivity contribution in [3.63, 3.8) is 0 Å². The van der Waals surface area contributed by atoms with E-state index in [-0.39, 0.29) is 5.90 Å². The Morgan fingerprint density at radius 3 is 2.37 bits per heavy atom. The highest BCUT2D eigenvalue weighted by atomic mass is 16.7. The van der Waals surface area contributed by atoms with E-state index in [1.54, 1.807) is 24.3 Å². The fraction of sp³-hybridized carbons (Fsp3) is 0.429. The predicted molar refractivity (Wildman–Crippen MR) is 125 cm³/mol. The van der Waals surface area contributed by atoms with Crippen LogP contribution >= 0.6 is 0 Å². The smallest absolute Gasteiger partial charge is 0.217 e. The maximum atomic E-state index is 10.5. The van der Waals surface area contributed by atoms with E-state index in [9.17, 15) is 15.8 Å². The lowest BCUT2D eigenvalue weighted by Crippen LogP contribution is -2.61. The average Bonchev–Trinajstić information content (AvgIpc) is 3.11. The van der Waals surface area contributed by atoms with Crippen molar-refractivity contribution < 1.29 is 14.2 Å². The average molecular weight is 467 g/mol. The largest absolute Gasteiger partial charge is 0.489 e. The fourth-order valence-corrected chi connectivity index (χ4v) is 6.07. The standard InChI is InChI=1S/C28H26N4O3/c1-2-19-12-13-28-23(14-19)27(18-31,25(32)35-28)26(16-29,17-30)24(34-28)21-8-10-22(11-9-21)33-15-20-6-4-3-5-7-20/h3-11,19,23-24,32H,2,12-15H2,1H3. The van der Waals surface area contributed by atoms with Crippen LogP contribution in [0.5, 0.6) is 5.75 Å². The minimum atomic E-state index is -1.93. The lowest BCUT2D eigenvalue weighted by molar-refractivity contribution is -0.299. The van der Waals surface area contributed by atoms with Gasteiger partial charge in [0.15, 0.2) is 5.41 Å². The monoisotopic (exact) mass is 466 g/mol. The Bertz CT molecular complexity index is 1240. The van der Waals surface area contributed by atoms with E-state index < -0.39 is 28.6 Å². The molecule has 3 fully saturated rings. The predicted octanol–water partition coefficient (Wildman–Crippen LogP) is 5.41. The number of ether oxygens (including phenoxy) is 3. The van der Waals surface area contributed by atoms with Crippen molar-refractivity contribution in [3.8, 4) is 24.0 Å². The molecular formula is C28H26N4O3. The minimum Gasteiger partial charge on any atom is -0.489 e. The van der Waals surface area contributed by atoms with Crippen LogP contribution in [0.3, 0.4) is 0 Å². The summed E-state index contributed by atoms with van der Waals surface area (Å²) in [6.07, 6.45) is 1.81. The second-order valence-electron chi connectivity index (χ2n) is 9.64. The Kier molecular flexibility index (Phi) is 5.51. The van der Waals surface area contributed by atoms with Crippen LogP contribution in [0.2, 0.25) is 0 Å². The van der Waals surface area contributed by atoms with Gasteiger partial charge in [-0.3, -0.25) is 5.41 Å². The Balaban J connectivity index is 1.52. The summed E-state index contributed by atoms with van der Waals surface area (Å²) in [6.45, 7) is 2.50. The van der Waals surface area contributed by atoms with E-state index in [2.05, 4.69) is 25.1 Å². The normalized spacial score (nSPS) is 32.3. The number of nitriles is 3. The van der Waals surface area contributed by atoms with Crippen molar-refractivity contribution in [2.75, 3.05) is 0 Å². The zero-order valence-electron chi connectivity index (χ0n) is 19.5. The lowest BCUT2D eigenvalue weighted by atomic mass is 9.50. The van der Waals surface area contributed by atoms with Crippen molar-refractivity contribution in [2.45, 2.75) is 51.1 Å². The lowest BCUT2D eigenvalue weighted by Gasteiger charge is -2.52. The highest BCUT2D eigenvalue weighted by Crippen LogP contribution is 2.70. The number of hydrogen-bond acceptors (Lipinski definition) is 7. The van der Waals surface area contributed by atoms with Gasteiger partial charge in [-0.15, -0.1) is 0 Å². The van der Waals surface area contributed by atoms with Gasteiger partial charge >= 0.3 is 0 Å². The molecule has 2 aromatic rings. The van der Waals surface area contributed by atoms with E-state index in [0.29, 0.717) is 36.7 Å². The third-order valence-electron chi connectivity index (χ3n) is 8.03. The van der Waals surface area contributed by atoms with Crippen molar-refractivity contribution >= 4 is 5.90 Å². The molecule has 1 N–H and O–H groups in total. The summed E-state index contributed by atoms with van der Waals surface area (Å²) in [5.41, 5.74) is -2.01. The summed E-state index contributed by atoms with van der Waals surface area (Å²) in [5.74, 6) is -1.09. The van der Waals surface area contributed by atoms with E-state index in [0.717, 1.165) is 18.4 Å². The summed E-state index contributed by atoms with van der Waals surface area (Å²) >= 11 is 0. The van der Waals surface area contributed by atoms with Crippen molar-refractivity contribution in [1.82, 2.24) is 0 Å². The van der Waals surface area contributed by atoms with Crippen LogP contribution in [-0.4, -0.2) is 11.7 Å². The third-order valence-corrected chi connectivity index (χ3v) is 8.03. The number of rotatable bonds is 5. The number of nitrogens with one attached hydrogen (secondary N) is 1. The molecule has 0 spiro atoms. The maximum absolute atomic E-state index is 10.5. The van der Waals surface area contributed by atoms with Crippen LogP contribution in [0.25, 0.3) is 0 Å². The minimum absolute atomic E-state index is 0.324. The second-order valence-corrected chi connectivity index (χ2v) is 9.64. The number of benzene rings is 2. The molecule has 2 heterocycles. The van der Waals surface area contributed by atoms with E-state index >= 15 is 0 Å². The Labute approximate surface area is 205 Å². The molecule has 2 saturated heterocycles. The molecule has 5 unspecified atom stereocenters. The molecule has 1 saturated carbocycles. The molecule has 176 valence electrons. The highest BCUT2D eigenvalue weighted by molar-refractivity contribution is 5.89. The zero-order valence-corrected chi connectivity index (χ0v) is 19.5. The van der Waals surface area contributed by atoms with Gasteiger partial charge in [0.05, 0.1) is 24.1 Å². The van der Waals surface area contributed by atoms with Crippen LogP contribution in [0.1, 0.15) is 49.8 Å². The van der Waals surface area contributed by atoms with Crippen LogP contribution in [0, 0.1) is 62.1 Å². The second kappa shape index (κ2) is 8.42. The summed E-state index contributed by atoms with van der Waals surface area (Å²) in [4.78, 5) is 0. The Morgan fingerprint density at radius 1 is 1.03 bits per heavy atom. The van der Waals surface area contributed by atoms with Crippen LogP contribution in [0.15, 0.2) is 54.6 Å². The van der Waals surface area contributed by atoms with E-state index in [4.69, 9.17) is 19.6 Å². The van der Waals surface area contributed by atoms with Gasteiger partial charge in [0.1, 0.15) is 18.5 Å². The zero-order chi connectivity index (χ0) is 24.7. The van der Waals surface area contributed by atoms with Gasteiger partial charge in [-0.1, -0.05) is 55.8 Å². The molecule has 2 aromatic carbocycles. The van der Waals surface area contributed by atoms with Crippen LogP contribution < -0.4 is 4.74 Å². The quantitative estimate of drug-likeness (QED) is 0.628. The van der Waals surface area contributed by atoms with Gasteiger partial charge in [-0.2, -0.15) is 15.8 Å². The molecular weight excluding hydrogens is 440 g/mol. The highest BCUT2D eigenvalue weighted by Gasteiger charge is 2.80. The molecule has 5 atom stereocenters. The molecule has 35 heavy (non-hydrogen) atoms.